The van der Waals surface area contributed by atoms with Gasteiger partial charge in [-0.15, -0.1) is 0 Å². The molecule has 0 unspecified atom stereocenters. The van der Waals surface area contributed by atoms with Crippen LogP contribution in [-0.4, -0.2) is 31.3 Å². The topological polar surface area (TPSA) is 81.8 Å². The van der Waals surface area contributed by atoms with Gasteiger partial charge in [0.1, 0.15) is 18.3 Å². The Labute approximate surface area is 145 Å². The fraction of sp³-hybridized carbons (Fsp3) is 0.667. The third-order valence-corrected chi connectivity index (χ3v) is 6.81. The molecule has 2 aromatic heterocycles. The maximum Gasteiger partial charge on any atom is 0.264 e. The Hall–Kier alpha value is -2.18. The molecule has 1 N–H and O–H groups in total. The van der Waals surface area contributed by atoms with Gasteiger partial charge in [0, 0.05) is 13.1 Å². The number of hydrogen-bond acceptors (Lipinski definition) is 4. The summed E-state index contributed by atoms with van der Waals surface area (Å²) in [6.45, 7) is 0.0264. The first-order valence-electron chi connectivity index (χ1n) is 9.28. The van der Waals surface area contributed by atoms with Crippen molar-refractivity contribution in [2.45, 2.75) is 44.7 Å². The number of fused-ring (bicyclic) bond motifs is 6. The van der Waals surface area contributed by atoms with Gasteiger partial charge in [0.25, 0.3) is 5.56 Å². The Morgan fingerprint density at radius 2 is 2.12 bits per heavy atom. The highest BCUT2D eigenvalue weighted by molar-refractivity contribution is 5.77. The van der Waals surface area contributed by atoms with Crippen molar-refractivity contribution < 1.29 is 4.79 Å². The van der Waals surface area contributed by atoms with E-state index in [0.717, 1.165) is 24.2 Å². The molecule has 0 radical (unpaired) electrons. The molecule has 3 aliphatic carbocycles. The largest absolute Gasteiger partial charge is 0.352 e. The van der Waals surface area contributed by atoms with Crippen molar-refractivity contribution in [2.75, 3.05) is 0 Å². The van der Waals surface area contributed by atoms with Crippen LogP contribution in [-0.2, 0) is 18.4 Å². The first-order valence-corrected chi connectivity index (χ1v) is 9.28. The van der Waals surface area contributed by atoms with Crippen molar-refractivity contribution >= 4 is 16.9 Å². The van der Waals surface area contributed by atoms with E-state index in [0.29, 0.717) is 23.0 Å². The zero-order valence-corrected chi connectivity index (χ0v) is 14.4. The van der Waals surface area contributed by atoms with Crippen LogP contribution in [0.15, 0.2) is 17.3 Å². The van der Waals surface area contributed by atoms with Gasteiger partial charge in [-0.3, -0.25) is 18.8 Å². The molecule has 0 aliphatic heterocycles. The van der Waals surface area contributed by atoms with E-state index in [2.05, 4.69) is 15.4 Å². The molecular formula is C18H23N5O2. The van der Waals surface area contributed by atoms with Crippen LogP contribution in [0, 0.1) is 23.7 Å². The number of carbonyl (C=O) groups excluding carboxylic acids is 1. The summed E-state index contributed by atoms with van der Waals surface area (Å²) in [5.41, 5.74) is 0.332. The lowest BCUT2D eigenvalue weighted by Gasteiger charge is -2.32. The molecule has 2 heterocycles. The molecule has 7 nitrogen and oxygen atoms in total. The van der Waals surface area contributed by atoms with Crippen molar-refractivity contribution in [2.24, 2.45) is 30.7 Å². The average molecular weight is 341 g/mol. The second kappa shape index (κ2) is 5.41. The molecule has 3 saturated carbocycles. The second-order valence-corrected chi connectivity index (χ2v) is 8.01. The molecule has 0 aromatic carbocycles. The van der Waals surface area contributed by atoms with Gasteiger partial charge in [0.05, 0.1) is 6.20 Å². The monoisotopic (exact) mass is 341 g/mol. The minimum absolute atomic E-state index is 0.0264. The van der Waals surface area contributed by atoms with Crippen LogP contribution < -0.4 is 10.9 Å². The molecule has 0 spiro atoms. The second-order valence-electron chi connectivity index (χ2n) is 8.01. The maximum absolute atomic E-state index is 12.5. The van der Waals surface area contributed by atoms with Gasteiger partial charge in [0.15, 0.2) is 5.65 Å². The van der Waals surface area contributed by atoms with Gasteiger partial charge in [-0.1, -0.05) is 6.42 Å². The summed E-state index contributed by atoms with van der Waals surface area (Å²) >= 11 is 0. The van der Waals surface area contributed by atoms with E-state index in [9.17, 15) is 9.59 Å². The maximum atomic E-state index is 12.5. The minimum Gasteiger partial charge on any atom is -0.352 e. The summed E-state index contributed by atoms with van der Waals surface area (Å²) in [6.07, 6.45) is 9.43. The minimum atomic E-state index is -0.211. The van der Waals surface area contributed by atoms with Crippen LogP contribution in [0.2, 0.25) is 0 Å². The Morgan fingerprint density at radius 3 is 3.00 bits per heavy atom. The standard InChI is InChI=1S/C18H23N5O2/c1-22-17-14(7-20-22)18(25)23(9-19-17)8-16(24)21-15-6-10-5-13(15)12-4-2-3-11(10)12/h7,9-13,15H,2-6,8H2,1H3,(H,21,24)/t10-,11-,12+,13+,15-/m1/s1. The van der Waals surface area contributed by atoms with E-state index in [4.69, 9.17) is 0 Å². The summed E-state index contributed by atoms with van der Waals surface area (Å²) in [6, 6.07) is 0.294. The third kappa shape index (κ3) is 2.24. The summed E-state index contributed by atoms with van der Waals surface area (Å²) in [5, 5.41) is 7.71. The number of nitrogens with zero attached hydrogens (tertiary/aromatic N) is 4. The van der Waals surface area contributed by atoms with Crippen LogP contribution in [0.3, 0.4) is 0 Å². The Balaban J connectivity index is 1.30. The lowest BCUT2D eigenvalue weighted by atomic mass is 9.79. The fourth-order valence-electron chi connectivity index (χ4n) is 5.82. The van der Waals surface area contributed by atoms with Gasteiger partial charge >= 0.3 is 0 Å². The molecule has 0 saturated heterocycles. The SMILES string of the molecule is Cn1ncc2c(=O)n(CC(=O)N[C@@H]3C[C@H]4C[C@H]3[C@H]3CCC[C@H]43)cnc21. The van der Waals surface area contributed by atoms with E-state index in [1.54, 1.807) is 11.7 Å². The zero-order valence-electron chi connectivity index (χ0n) is 14.4. The van der Waals surface area contributed by atoms with Crippen LogP contribution >= 0.6 is 0 Å². The van der Waals surface area contributed by atoms with Gasteiger partial charge in [-0.25, -0.2) is 4.98 Å². The first kappa shape index (κ1) is 15.1. The molecule has 5 rings (SSSR count). The number of aromatic nitrogens is 4. The van der Waals surface area contributed by atoms with E-state index >= 15 is 0 Å². The molecule has 2 aromatic rings. The van der Waals surface area contributed by atoms with Crippen molar-refractivity contribution in [3.05, 3.63) is 22.9 Å². The number of rotatable bonds is 3. The van der Waals surface area contributed by atoms with Crippen molar-refractivity contribution in [3.8, 4) is 0 Å². The Kier molecular flexibility index (Phi) is 3.27. The molecule has 25 heavy (non-hydrogen) atoms. The normalized spacial score (nSPS) is 33.1. The fourth-order valence-corrected chi connectivity index (χ4v) is 5.82. The predicted octanol–water partition coefficient (Wildman–Crippen LogP) is 1.07. The molecule has 7 heteroatoms. The molecule has 1 amide bonds. The highest BCUT2D eigenvalue weighted by Crippen LogP contribution is 2.58. The van der Waals surface area contributed by atoms with Crippen LogP contribution in [0.5, 0.6) is 0 Å². The van der Waals surface area contributed by atoms with E-state index in [-0.39, 0.29) is 18.0 Å². The number of amides is 1. The highest BCUT2D eigenvalue weighted by Gasteiger charge is 2.53. The molecule has 2 bridgehead atoms. The van der Waals surface area contributed by atoms with Gasteiger partial charge in [-0.05, 0) is 49.4 Å². The zero-order chi connectivity index (χ0) is 17.1. The third-order valence-electron chi connectivity index (χ3n) is 6.81. The lowest BCUT2D eigenvalue weighted by Crippen LogP contribution is -2.44. The van der Waals surface area contributed by atoms with E-state index < -0.39 is 0 Å². The highest BCUT2D eigenvalue weighted by atomic mass is 16.2. The Morgan fingerprint density at radius 1 is 1.28 bits per heavy atom. The Bertz CT molecular complexity index is 900. The van der Waals surface area contributed by atoms with Gasteiger partial charge in [0.2, 0.25) is 5.91 Å². The van der Waals surface area contributed by atoms with Crippen molar-refractivity contribution in [1.82, 2.24) is 24.6 Å². The number of carbonyl (C=O) groups is 1. The van der Waals surface area contributed by atoms with Crippen molar-refractivity contribution in [3.63, 3.8) is 0 Å². The van der Waals surface area contributed by atoms with E-state index in [1.807, 2.05) is 0 Å². The smallest absolute Gasteiger partial charge is 0.264 e. The van der Waals surface area contributed by atoms with Crippen LogP contribution in [0.1, 0.15) is 32.1 Å². The molecule has 3 aliphatic rings. The predicted molar refractivity (Wildman–Crippen MR) is 91.7 cm³/mol. The number of aryl methyl sites for hydroxylation is 1. The summed E-state index contributed by atoms with van der Waals surface area (Å²) in [4.78, 5) is 29.2. The summed E-state index contributed by atoms with van der Waals surface area (Å²) < 4.78 is 2.94. The molecule has 3 fully saturated rings. The number of nitrogens with one attached hydrogen (secondary N) is 1. The van der Waals surface area contributed by atoms with Crippen LogP contribution in [0.4, 0.5) is 0 Å². The average Bonchev–Trinajstić information content (AvgIpc) is 3.32. The number of hydrogen-bond donors (Lipinski definition) is 1. The quantitative estimate of drug-likeness (QED) is 0.905. The molecular weight excluding hydrogens is 318 g/mol. The summed E-state index contributed by atoms with van der Waals surface area (Å²) in [7, 11) is 1.75. The summed E-state index contributed by atoms with van der Waals surface area (Å²) in [5.74, 6) is 3.11. The van der Waals surface area contributed by atoms with E-state index in [1.165, 1.54) is 42.8 Å². The first-order chi connectivity index (χ1) is 12.1. The van der Waals surface area contributed by atoms with Gasteiger partial charge in [-0.2, -0.15) is 5.10 Å². The van der Waals surface area contributed by atoms with Crippen molar-refractivity contribution in [1.29, 1.82) is 0 Å². The lowest BCUT2D eigenvalue weighted by molar-refractivity contribution is -0.123. The molecule has 132 valence electrons. The molecule has 5 atom stereocenters. The van der Waals surface area contributed by atoms with Gasteiger partial charge < -0.3 is 5.32 Å². The van der Waals surface area contributed by atoms with Crippen LogP contribution in [0.25, 0.3) is 11.0 Å².